The molecule has 6 heavy (non-hydrogen) atoms. The molecule has 0 atom stereocenters. The zero-order valence-electron chi connectivity index (χ0n) is 4.52. The van der Waals surface area contributed by atoms with Gasteiger partial charge in [-0.25, -0.2) is 0 Å². The van der Waals surface area contributed by atoms with E-state index in [0.717, 1.165) is 0 Å². The maximum absolute atomic E-state index is 6.45. The lowest BCUT2D eigenvalue weighted by molar-refractivity contribution is 1.58. The van der Waals surface area contributed by atoms with Crippen LogP contribution in [-0.4, -0.2) is 6.21 Å². The van der Waals surface area contributed by atoms with E-state index in [1.54, 1.807) is 18.2 Å². The topological polar surface area (TPSA) is 23.9 Å². The minimum atomic E-state index is 0. The number of rotatable bonds is 2. The van der Waals surface area contributed by atoms with E-state index >= 15 is 0 Å². The molecule has 0 bridgehead atoms. The van der Waals surface area contributed by atoms with Crippen molar-refractivity contribution in [2.24, 2.45) is 0 Å². The molecule has 0 rings (SSSR count). The Kier molecular flexibility index (Phi) is 3.56. The number of nitrogens with one attached hydrogen (secondary N) is 1. The van der Waals surface area contributed by atoms with Gasteiger partial charge in [-0.2, -0.15) is 0 Å². The Morgan fingerprint density at radius 2 is 2.17 bits per heavy atom. The lowest BCUT2D eigenvalue weighted by Gasteiger charge is -1.59. The third-order valence-electron chi connectivity index (χ3n) is 0.343. The van der Waals surface area contributed by atoms with Gasteiger partial charge in [0.25, 0.3) is 0 Å². The molecule has 0 aliphatic carbocycles. The summed E-state index contributed by atoms with van der Waals surface area (Å²) < 4.78 is 0. The van der Waals surface area contributed by atoms with Gasteiger partial charge in [0.15, 0.2) is 0 Å². The van der Waals surface area contributed by atoms with Crippen LogP contribution in [0.3, 0.4) is 0 Å². The van der Waals surface area contributed by atoms with E-state index < -0.39 is 0 Å². The monoisotopic (exact) mass is 82.1 g/mol. The van der Waals surface area contributed by atoms with Gasteiger partial charge in [-0.15, -0.1) is 0 Å². The highest BCUT2D eigenvalue weighted by Crippen LogP contribution is 1.63. The Morgan fingerprint density at radius 1 is 1.50 bits per heavy atom. The van der Waals surface area contributed by atoms with Gasteiger partial charge in [0.2, 0.25) is 0 Å². The predicted molar refractivity (Wildman–Crippen MR) is 29.2 cm³/mol. The van der Waals surface area contributed by atoms with Crippen molar-refractivity contribution in [3.63, 3.8) is 0 Å². The largest absolute Gasteiger partial charge is 1.00 e. The van der Waals surface area contributed by atoms with Gasteiger partial charge < -0.3 is 5.41 Å². The molecule has 1 heteroatoms. The van der Waals surface area contributed by atoms with Crippen LogP contribution in [-0.2, 0) is 0 Å². The zero-order chi connectivity index (χ0) is 4.83. The van der Waals surface area contributed by atoms with Gasteiger partial charge >= 0.3 is 1.43 Å². The molecule has 0 aliphatic rings. The summed E-state index contributed by atoms with van der Waals surface area (Å²) in [6.07, 6.45) is 6.15. The molecule has 1 nitrogen and oxygen atoms in total. The van der Waals surface area contributed by atoms with E-state index in [2.05, 4.69) is 6.58 Å². The quantitative estimate of drug-likeness (QED) is 0.385. The molecule has 0 aromatic heterocycles. The van der Waals surface area contributed by atoms with Crippen molar-refractivity contribution < 1.29 is 1.43 Å². The Labute approximate surface area is 39.0 Å². The molecular formula is C5H8N+. The number of allylic oxidation sites excluding steroid dienone is 3. The molecule has 0 saturated carbocycles. The van der Waals surface area contributed by atoms with Gasteiger partial charge in [-0.1, -0.05) is 18.7 Å². The fourth-order valence-electron chi connectivity index (χ4n) is 0.134. The highest BCUT2D eigenvalue weighted by atomic mass is 14.3. The van der Waals surface area contributed by atoms with E-state index in [9.17, 15) is 0 Å². The van der Waals surface area contributed by atoms with Crippen LogP contribution in [0.4, 0.5) is 0 Å². The van der Waals surface area contributed by atoms with Crippen LogP contribution in [0.15, 0.2) is 24.8 Å². The van der Waals surface area contributed by atoms with Crippen LogP contribution in [0.5, 0.6) is 0 Å². The first kappa shape index (κ1) is 5.15. The van der Waals surface area contributed by atoms with Crippen molar-refractivity contribution >= 4 is 6.21 Å². The molecule has 1 N–H and O–H groups in total. The van der Waals surface area contributed by atoms with Crippen molar-refractivity contribution in [3.05, 3.63) is 24.8 Å². The van der Waals surface area contributed by atoms with Crippen LogP contribution >= 0.6 is 0 Å². The van der Waals surface area contributed by atoms with E-state index in [1.165, 1.54) is 6.21 Å². The normalized spacial score (nSPS) is 8.67. The fourth-order valence-corrected chi connectivity index (χ4v) is 0.134. The van der Waals surface area contributed by atoms with E-state index in [1.807, 2.05) is 0 Å². The van der Waals surface area contributed by atoms with Crippen LogP contribution in [0.2, 0.25) is 0 Å². The summed E-state index contributed by atoms with van der Waals surface area (Å²) in [7, 11) is 0. The predicted octanol–water partition coefficient (Wildman–Crippen LogP) is 1.49. The summed E-state index contributed by atoms with van der Waals surface area (Å²) in [4.78, 5) is 0. The van der Waals surface area contributed by atoms with Crippen molar-refractivity contribution in [3.8, 4) is 0 Å². The summed E-state index contributed by atoms with van der Waals surface area (Å²) >= 11 is 0. The second-order valence-electron chi connectivity index (χ2n) is 0.787. The van der Waals surface area contributed by atoms with Gasteiger partial charge in [0, 0.05) is 6.21 Å². The molecular weight excluding hydrogens is 74.1 g/mol. The summed E-state index contributed by atoms with van der Waals surface area (Å²) in [6, 6.07) is 0. The van der Waals surface area contributed by atoms with Crippen molar-refractivity contribution in [1.82, 2.24) is 0 Å². The van der Waals surface area contributed by atoms with Gasteiger partial charge in [0.1, 0.15) is 0 Å². The van der Waals surface area contributed by atoms with Crippen molar-refractivity contribution in [2.45, 2.75) is 0 Å². The first-order valence-corrected chi connectivity index (χ1v) is 1.70. The minimum absolute atomic E-state index is 0. The molecule has 0 radical (unpaired) electrons. The molecule has 0 saturated heterocycles. The lowest BCUT2D eigenvalue weighted by Crippen LogP contribution is -1.50. The zero-order valence-corrected chi connectivity index (χ0v) is 3.52. The number of hydrogen-bond donors (Lipinski definition) is 1. The molecule has 0 spiro atoms. The first-order chi connectivity index (χ1) is 2.91. The third kappa shape index (κ3) is 3.15. The average Bonchev–Trinajstić information content (AvgIpc) is 1.61. The molecule has 0 aromatic rings. The molecule has 0 aromatic carbocycles. The molecule has 32 valence electrons. The maximum atomic E-state index is 6.45. The number of hydrogen-bond acceptors (Lipinski definition) is 1. The van der Waals surface area contributed by atoms with Crippen LogP contribution in [0.1, 0.15) is 1.43 Å². The van der Waals surface area contributed by atoms with Gasteiger partial charge in [-0.05, 0) is 6.08 Å². The SMILES string of the molecule is C=C/C=C\C=N.[H+]. The van der Waals surface area contributed by atoms with Gasteiger partial charge in [-0.3, -0.25) is 0 Å². The molecule has 0 heterocycles. The molecule has 0 amide bonds. The second-order valence-corrected chi connectivity index (χ2v) is 0.787. The van der Waals surface area contributed by atoms with Crippen molar-refractivity contribution in [2.75, 3.05) is 0 Å². The molecule has 0 unspecified atom stereocenters. The average molecular weight is 82.1 g/mol. The van der Waals surface area contributed by atoms with E-state index in [0.29, 0.717) is 0 Å². The fraction of sp³-hybridized carbons (Fsp3) is 0. The minimum Gasteiger partial charge on any atom is -0.309 e. The summed E-state index contributed by atoms with van der Waals surface area (Å²) in [5.74, 6) is 0. The Bertz CT molecular complexity index is 66.1. The van der Waals surface area contributed by atoms with Crippen LogP contribution in [0, 0.1) is 5.41 Å². The highest BCUT2D eigenvalue weighted by Gasteiger charge is 1.48. The van der Waals surface area contributed by atoms with E-state index in [4.69, 9.17) is 5.41 Å². The smallest absolute Gasteiger partial charge is 0.309 e. The molecule has 0 fully saturated rings. The standard InChI is InChI=1S/C5H7N/c1-2-3-4-5-6/h2-6H,1H2/p+1/b4-3-,6-5?. The third-order valence-corrected chi connectivity index (χ3v) is 0.343. The summed E-state index contributed by atoms with van der Waals surface area (Å²) in [6.45, 7) is 3.41. The maximum Gasteiger partial charge on any atom is 1.00 e. The summed E-state index contributed by atoms with van der Waals surface area (Å²) in [5.41, 5.74) is 0. The first-order valence-electron chi connectivity index (χ1n) is 1.70. The summed E-state index contributed by atoms with van der Waals surface area (Å²) in [5, 5.41) is 6.45. The highest BCUT2D eigenvalue weighted by molar-refractivity contribution is 5.67. The van der Waals surface area contributed by atoms with E-state index in [-0.39, 0.29) is 1.43 Å². The van der Waals surface area contributed by atoms with Crippen molar-refractivity contribution in [1.29, 1.82) is 5.41 Å². The molecule has 0 aliphatic heterocycles. The van der Waals surface area contributed by atoms with Crippen LogP contribution < -0.4 is 0 Å². The lowest BCUT2D eigenvalue weighted by atomic mass is 10.5. The Hall–Kier alpha value is -0.850. The van der Waals surface area contributed by atoms with Gasteiger partial charge in [0.05, 0.1) is 0 Å². The Balaban J connectivity index is 0. The van der Waals surface area contributed by atoms with Crippen LogP contribution in [0.25, 0.3) is 0 Å². The second kappa shape index (κ2) is 4.15. The Morgan fingerprint density at radius 3 is 2.33 bits per heavy atom.